The lowest BCUT2D eigenvalue weighted by molar-refractivity contribution is -0.137. The number of halogens is 4. The highest BCUT2D eigenvalue weighted by Crippen LogP contribution is 2.36. The number of benzene rings is 2. The summed E-state index contributed by atoms with van der Waals surface area (Å²) in [5, 5.41) is 2.27. The molecule has 2 rings (SSSR count). The fourth-order valence-corrected chi connectivity index (χ4v) is 2.42. The number of carbonyl (C=O) groups is 1. The summed E-state index contributed by atoms with van der Waals surface area (Å²) in [4.78, 5) is 12.1. The average molecular weight is 398 g/mol. The summed E-state index contributed by atoms with van der Waals surface area (Å²) in [6.07, 6.45) is -0.0241. The van der Waals surface area contributed by atoms with E-state index in [1.54, 1.807) is 24.3 Å². The van der Waals surface area contributed by atoms with Gasteiger partial charge in [0.2, 0.25) is 0 Å². The summed E-state index contributed by atoms with van der Waals surface area (Å²) in [5.41, 5.74) is -0.314. The molecule has 2 aromatic carbocycles. The van der Waals surface area contributed by atoms with E-state index >= 15 is 0 Å². The van der Waals surface area contributed by atoms with Gasteiger partial charge in [-0.1, -0.05) is 24.9 Å². The van der Waals surface area contributed by atoms with Crippen LogP contribution in [0, 0.1) is 0 Å². The van der Waals surface area contributed by atoms with E-state index in [1.807, 2.05) is 0 Å². The van der Waals surface area contributed by atoms with Crippen molar-refractivity contribution < 1.29 is 22.7 Å². The number of carbonyl (C=O) groups excluding carboxylic acids is 1. The number of ketones is 1. The first-order chi connectivity index (χ1) is 12.8. The largest absolute Gasteiger partial charge is 0.494 e. The van der Waals surface area contributed by atoms with E-state index in [4.69, 9.17) is 16.3 Å². The highest BCUT2D eigenvalue weighted by atomic mass is 35.5. The number of alkyl halides is 3. The monoisotopic (exact) mass is 397 g/mol. The van der Waals surface area contributed by atoms with Gasteiger partial charge in [0.05, 0.1) is 17.2 Å². The minimum Gasteiger partial charge on any atom is -0.494 e. The lowest BCUT2D eigenvalue weighted by Gasteiger charge is -2.10. The van der Waals surface area contributed by atoms with E-state index in [2.05, 4.69) is 12.2 Å². The van der Waals surface area contributed by atoms with Crippen LogP contribution in [0.15, 0.2) is 54.7 Å². The van der Waals surface area contributed by atoms with Gasteiger partial charge in [0.1, 0.15) is 5.75 Å². The smallest absolute Gasteiger partial charge is 0.417 e. The molecule has 2 aromatic rings. The van der Waals surface area contributed by atoms with Crippen molar-refractivity contribution in [2.45, 2.75) is 25.9 Å². The van der Waals surface area contributed by atoms with Gasteiger partial charge in [0, 0.05) is 23.5 Å². The molecule has 0 radical (unpaired) electrons. The molecule has 0 saturated heterocycles. The van der Waals surface area contributed by atoms with Crippen LogP contribution in [0.25, 0.3) is 0 Å². The number of hydrogen-bond donors (Lipinski definition) is 1. The molecule has 0 saturated carbocycles. The minimum absolute atomic E-state index is 0.176. The van der Waals surface area contributed by atoms with Gasteiger partial charge in [0.15, 0.2) is 5.78 Å². The summed E-state index contributed by atoms with van der Waals surface area (Å²) in [5.74, 6) is 0.399. The number of unbranched alkanes of at least 4 members (excludes halogenated alkanes) is 1. The zero-order valence-electron chi connectivity index (χ0n) is 14.6. The van der Waals surface area contributed by atoms with Crippen LogP contribution < -0.4 is 10.1 Å². The van der Waals surface area contributed by atoms with Crippen molar-refractivity contribution in [3.05, 3.63) is 70.9 Å². The predicted molar refractivity (Wildman–Crippen MR) is 100 cm³/mol. The Bertz CT molecular complexity index is 802. The third-order valence-corrected chi connectivity index (χ3v) is 3.99. The van der Waals surface area contributed by atoms with E-state index in [0.29, 0.717) is 17.9 Å². The third kappa shape index (κ3) is 6.32. The highest BCUT2D eigenvalue weighted by molar-refractivity contribution is 6.31. The number of anilines is 1. The molecule has 0 amide bonds. The van der Waals surface area contributed by atoms with Gasteiger partial charge in [0.25, 0.3) is 0 Å². The van der Waals surface area contributed by atoms with E-state index < -0.39 is 11.7 Å². The van der Waals surface area contributed by atoms with Crippen LogP contribution in [-0.4, -0.2) is 12.4 Å². The van der Waals surface area contributed by atoms with Crippen LogP contribution in [0.1, 0.15) is 35.7 Å². The quantitative estimate of drug-likeness (QED) is 0.320. The Morgan fingerprint density at radius 1 is 1.19 bits per heavy atom. The number of nitrogens with one attached hydrogen (secondary N) is 1. The van der Waals surface area contributed by atoms with Crippen LogP contribution in [0.2, 0.25) is 5.02 Å². The van der Waals surface area contributed by atoms with Crippen LogP contribution in [0.3, 0.4) is 0 Å². The summed E-state index contributed by atoms with van der Waals surface area (Å²) in [6.45, 7) is 2.69. The molecule has 27 heavy (non-hydrogen) atoms. The molecule has 0 aliphatic heterocycles. The van der Waals surface area contributed by atoms with E-state index in [9.17, 15) is 18.0 Å². The summed E-state index contributed by atoms with van der Waals surface area (Å²) < 4.78 is 44.0. The Morgan fingerprint density at radius 3 is 2.52 bits per heavy atom. The molecule has 0 aliphatic carbocycles. The zero-order chi connectivity index (χ0) is 19.9. The van der Waals surface area contributed by atoms with E-state index in [0.717, 1.165) is 25.0 Å². The van der Waals surface area contributed by atoms with Gasteiger partial charge < -0.3 is 10.1 Å². The molecule has 0 spiro atoms. The second-order valence-corrected chi connectivity index (χ2v) is 6.17. The Hall–Kier alpha value is -2.47. The normalized spacial score (nSPS) is 11.6. The molecule has 0 bridgehead atoms. The van der Waals surface area contributed by atoms with E-state index in [-0.39, 0.29) is 16.5 Å². The first-order valence-corrected chi connectivity index (χ1v) is 8.76. The summed E-state index contributed by atoms with van der Waals surface area (Å²) in [7, 11) is 0. The average Bonchev–Trinajstić information content (AvgIpc) is 2.63. The first-order valence-electron chi connectivity index (χ1n) is 8.38. The molecular formula is C20H19ClF3NO2. The van der Waals surface area contributed by atoms with Crippen molar-refractivity contribution >= 4 is 23.1 Å². The van der Waals surface area contributed by atoms with Crippen LogP contribution in [-0.2, 0) is 6.18 Å². The zero-order valence-corrected chi connectivity index (χ0v) is 15.4. The van der Waals surface area contributed by atoms with Crippen LogP contribution in [0.5, 0.6) is 5.75 Å². The Balaban J connectivity index is 1.97. The predicted octanol–water partition coefficient (Wildman–Crippen LogP) is 6.35. The van der Waals surface area contributed by atoms with Gasteiger partial charge in [-0.15, -0.1) is 0 Å². The Morgan fingerprint density at radius 2 is 1.89 bits per heavy atom. The topological polar surface area (TPSA) is 38.3 Å². The maximum atomic E-state index is 12.8. The second kappa shape index (κ2) is 9.46. The number of rotatable bonds is 8. The summed E-state index contributed by atoms with van der Waals surface area (Å²) in [6, 6.07) is 10.1. The standard InChI is InChI=1S/C20H19ClF3NO2/c1-2-3-12-27-16-7-4-14(5-8-16)19(26)10-11-25-15-6-9-18(21)17(13-15)20(22,23)24/h4-11,13,25H,2-3,12H2,1H3/b11-10+. The van der Waals surface area contributed by atoms with Crippen molar-refractivity contribution in [2.75, 3.05) is 11.9 Å². The van der Waals surface area contributed by atoms with E-state index in [1.165, 1.54) is 18.3 Å². The molecule has 3 nitrogen and oxygen atoms in total. The molecule has 0 unspecified atom stereocenters. The van der Waals surface area contributed by atoms with Gasteiger partial charge >= 0.3 is 6.18 Å². The molecule has 0 atom stereocenters. The van der Waals surface area contributed by atoms with Crippen LogP contribution >= 0.6 is 11.6 Å². The molecule has 0 aliphatic rings. The van der Waals surface area contributed by atoms with Gasteiger partial charge in [-0.25, -0.2) is 0 Å². The molecule has 0 heterocycles. The molecule has 0 aromatic heterocycles. The maximum Gasteiger partial charge on any atom is 0.417 e. The van der Waals surface area contributed by atoms with Crippen molar-refractivity contribution in [3.63, 3.8) is 0 Å². The minimum atomic E-state index is -4.55. The van der Waals surface area contributed by atoms with Crippen molar-refractivity contribution in [3.8, 4) is 5.75 Å². The molecule has 144 valence electrons. The Kier molecular flexibility index (Phi) is 7.30. The third-order valence-electron chi connectivity index (χ3n) is 3.66. The molecule has 0 fully saturated rings. The molecular weight excluding hydrogens is 379 g/mol. The van der Waals surface area contributed by atoms with Crippen LogP contribution in [0.4, 0.5) is 18.9 Å². The van der Waals surface area contributed by atoms with Crippen molar-refractivity contribution in [1.29, 1.82) is 0 Å². The Labute approximate surface area is 160 Å². The fraction of sp³-hybridized carbons (Fsp3) is 0.250. The van der Waals surface area contributed by atoms with Gasteiger partial charge in [-0.3, -0.25) is 4.79 Å². The fourth-order valence-electron chi connectivity index (χ4n) is 2.19. The van der Waals surface area contributed by atoms with Gasteiger partial charge in [-0.05, 0) is 48.9 Å². The second-order valence-electron chi connectivity index (χ2n) is 5.76. The van der Waals surface area contributed by atoms with Crippen molar-refractivity contribution in [1.82, 2.24) is 0 Å². The molecule has 1 N–H and O–H groups in total. The number of hydrogen-bond acceptors (Lipinski definition) is 3. The SMILES string of the molecule is CCCCOc1ccc(C(=O)/C=C/Nc2ccc(Cl)c(C(F)(F)F)c2)cc1. The highest BCUT2D eigenvalue weighted by Gasteiger charge is 2.33. The lowest BCUT2D eigenvalue weighted by atomic mass is 10.1. The summed E-state index contributed by atoms with van der Waals surface area (Å²) >= 11 is 5.57. The maximum absolute atomic E-state index is 12.8. The first kappa shape index (κ1) is 20.8. The molecule has 7 heteroatoms. The lowest BCUT2D eigenvalue weighted by Crippen LogP contribution is -2.06. The number of allylic oxidation sites excluding steroid dienone is 1. The number of ether oxygens (including phenoxy) is 1. The van der Waals surface area contributed by atoms with Crippen molar-refractivity contribution in [2.24, 2.45) is 0 Å². The van der Waals surface area contributed by atoms with Gasteiger partial charge in [-0.2, -0.15) is 13.2 Å².